The van der Waals surface area contributed by atoms with E-state index in [1.54, 1.807) is 14.2 Å². The molecule has 1 amide bonds. The van der Waals surface area contributed by atoms with Gasteiger partial charge in [0.1, 0.15) is 18.1 Å². The topological polar surface area (TPSA) is 56.8 Å². The lowest BCUT2D eigenvalue weighted by atomic mass is 10.1. The summed E-state index contributed by atoms with van der Waals surface area (Å²) < 4.78 is 16.5. The van der Waals surface area contributed by atoms with Gasteiger partial charge in [0.25, 0.3) is 0 Å². The Morgan fingerprint density at radius 3 is 2.48 bits per heavy atom. The van der Waals surface area contributed by atoms with E-state index >= 15 is 0 Å². The Labute approximate surface area is 156 Å². The Bertz CT molecular complexity index is 688. The number of hydrogen-bond acceptors (Lipinski definition) is 4. The average molecular weight is 408 g/mol. The first-order valence-corrected chi connectivity index (χ1v) is 8.75. The van der Waals surface area contributed by atoms with Crippen molar-refractivity contribution in [2.75, 3.05) is 32.8 Å². The summed E-state index contributed by atoms with van der Waals surface area (Å²) >= 11 is 3.45. The molecule has 2 aromatic rings. The van der Waals surface area contributed by atoms with Crippen LogP contribution in [0.4, 0.5) is 5.69 Å². The van der Waals surface area contributed by atoms with Gasteiger partial charge in [-0.3, -0.25) is 4.79 Å². The van der Waals surface area contributed by atoms with Crippen LogP contribution in [0.3, 0.4) is 0 Å². The molecule has 0 aliphatic heterocycles. The Hall–Kier alpha value is -2.05. The van der Waals surface area contributed by atoms with Gasteiger partial charge in [0.2, 0.25) is 5.91 Å². The number of aryl methyl sites for hydroxylation is 1. The lowest BCUT2D eigenvalue weighted by molar-refractivity contribution is -0.116. The number of nitrogens with one attached hydrogen (secondary N) is 1. The average Bonchev–Trinajstić information content (AvgIpc) is 2.62. The van der Waals surface area contributed by atoms with Crippen LogP contribution in [0, 0.1) is 0 Å². The molecule has 0 atom stereocenters. The van der Waals surface area contributed by atoms with Gasteiger partial charge in [-0.25, -0.2) is 0 Å². The molecule has 2 aromatic carbocycles. The zero-order valence-corrected chi connectivity index (χ0v) is 16.0. The summed E-state index contributed by atoms with van der Waals surface area (Å²) in [6, 6.07) is 13.1. The van der Waals surface area contributed by atoms with Crippen LogP contribution >= 0.6 is 15.9 Å². The molecule has 0 saturated carbocycles. The lowest BCUT2D eigenvalue weighted by Gasteiger charge is -2.09. The second kappa shape index (κ2) is 10.1. The Balaban J connectivity index is 1.80. The summed E-state index contributed by atoms with van der Waals surface area (Å²) in [5.74, 6) is 1.50. The predicted molar refractivity (Wildman–Crippen MR) is 101 cm³/mol. The first-order chi connectivity index (χ1) is 12.1. The summed E-state index contributed by atoms with van der Waals surface area (Å²) in [6.45, 7) is 1.04. The van der Waals surface area contributed by atoms with Crippen molar-refractivity contribution in [1.29, 1.82) is 0 Å². The summed E-state index contributed by atoms with van der Waals surface area (Å²) in [7, 11) is 3.26. The third-order valence-corrected chi connectivity index (χ3v) is 4.17. The number of carbonyl (C=O) groups excluding carboxylic acids is 1. The highest BCUT2D eigenvalue weighted by molar-refractivity contribution is 9.10. The minimum Gasteiger partial charge on any atom is -0.496 e. The van der Waals surface area contributed by atoms with Crippen molar-refractivity contribution in [3.8, 4) is 11.5 Å². The zero-order chi connectivity index (χ0) is 18.1. The molecule has 134 valence electrons. The molecule has 1 N–H and O–H groups in total. The van der Waals surface area contributed by atoms with E-state index in [2.05, 4.69) is 21.2 Å². The summed E-state index contributed by atoms with van der Waals surface area (Å²) in [5.41, 5.74) is 1.82. The van der Waals surface area contributed by atoms with Gasteiger partial charge >= 0.3 is 0 Å². The Kier molecular flexibility index (Phi) is 7.76. The van der Waals surface area contributed by atoms with Crippen molar-refractivity contribution in [2.24, 2.45) is 0 Å². The van der Waals surface area contributed by atoms with Crippen LogP contribution in [-0.2, 0) is 16.0 Å². The number of benzene rings is 2. The molecule has 0 fully saturated rings. The summed E-state index contributed by atoms with van der Waals surface area (Å²) in [4.78, 5) is 12.1. The fourth-order valence-electron chi connectivity index (χ4n) is 2.22. The molecule has 0 spiro atoms. The highest BCUT2D eigenvalue weighted by Gasteiger charge is 2.06. The quantitative estimate of drug-likeness (QED) is 0.636. The van der Waals surface area contributed by atoms with Crippen molar-refractivity contribution >= 4 is 27.5 Å². The van der Waals surface area contributed by atoms with Crippen molar-refractivity contribution in [3.05, 3.63) is 52.5 Å². The second-order valence-electron chi connectivity index (χ2n) is 5.38. The van der Waals surface area contributed by atoms with Gasteiger partial charge in [-0.05, 0) is 64.3 Å². The van der Waals surface area contributed by atoms with E-state index in [0.29, 0.717) is 26.1 Å². The number of carbonyl (C=O) groups is 1. The van der Waals surface area contributed by atoms with Gasteiger partial charge in [0.05, 0.1) is 18.2 Å². The minimum absolute atomic E-state index is 0.0278. The van der Waals surface area contributed by atoms with E-state index in [1.165, 1.54) is 0 Å². The molecular formula is C19H22BrNO4. The normalized spacial score (nSPS) is 10.4. The molecule has 0 aliphatic carbocycles. The lowest BCUT2D eigenvalue weighted by Crippen LogP contribution is -2.12. The molecule has 0 aliphatic rings. The third-order valence-electron chi connectivity index (χ3n) is 3.55. The predicted octanol–water partition coefficient (Wildman–Crippen LogP) is 4.05. The van der Waals surface area contributed by atoms with E-state index in [-0.39, 0.29) is 5.91 Å². The van der Waals surface area contributed by atoms with Crippen LogP contribution in [0.25, 0.3) is 0 Å². The maximum Gasteiger partial charge on any atom is 0.224 e. The van der Waals surface area contributed by atoms with Crippen molar-refractivity contribution in [1.82, 2.24) is 0 Å². The first-order valence-electron chi connectivity index (χ1n) is 7.96. The maximum atomic E-state index is 12.1. The van der Waals surface area contributed by atoms with Gasteiger partial charge in [-0.2, -0.15) is 0 Å². The zero-order valence-electron chi connectivity index (χ0n) is 14.4. The number of anilines is 1. The van der Waals surface area contributed by atoms with Crippen molar-refractivity contribution in [3.63, 3.8) is 0 Å². The van der Waals surface area contributed by atoms with Gasteiger partial charge in [-0.1, -0.05) is 6.07 Å². The van der Waals surface area contributed by atoms with Gasteiger partial charge < -0.3 is 19.5 Å². The van der Waals surface area contributed by atoms with E-state index in [9.17, 15) is 4.79 Å². The molecule has 6 heteroatoms. The van der Waals surface area contributed by atoms with Crippen LogP contribution in [-0.4, -0.2) is 33.3 Å². The highest BCUT2D eigenvalue weighted by Crippen LogP contribution is 2.26. The standard InChI is InChI=1S/C19H22BrNO4/c1-23-11-12-25-16-7-5-15(6-8-16)21-19(22)10-4-14-3-9-18(24-2)17(20)13-14/h3,5-9,13H,4,10-12H2,1-2H3,(H,21,22). The molecule has 0 unspecified atom stereocenters. The largest absolute Gasteiger partial charge is 0.496 e. The van der Waals surface area contributed by atoms with Crippen LogP contribution in [0.1, 0.15) is 12.0 Å². The van der Waals surface area contributed by atoms with Gasteiger partial charge in [0, 0.05) is 19.2 Å². The molecule has 0 radical (unpaired) electrons. The van der Waals surface area contributed by atoms with Crippen molar-refractivity contribution < 1.29 is 19.0 Å². The molecule has 2 rings (SSSR count). The molecule has 0 bridgehead atoms. The third kappa shape index (κ3) is 6.40. The molecule has 25 heavy (non-hydrogen) atoms. The Morgan fingerprint density at radius 2 is 1.84 bits per heavy atom. The number of amides is 1. The number of rotatable bonds is 9. The van der Waals surface area contributed by atoms with Crippen LogP contribution in [0.15, 0.2) is 46.9 Å². The van der Waals surface area contributed by atoms with E-state index in [1.807, 2.05) is 42.5 Å². The number of ether oxygens (including phenoxy) is 3. The SMILES string of the molecule is COCCOc1ccc(NC(=O)CCc2ccc(OC)c(Br)c2)cc1. The minimum atomic E-state index is -0.0278. The van der Waals surface area contributed by atoms with Crippen molar-refractivity contribution in [2.45, 2.75) is 12.8 Å². The fraction of sp³-hybridized carbons (Fsp3) is 0.316. The van der Waals surface area contributed by atoms with Crippen LogP contribution in [0.2, 0.25) is 0 Å². The van der Waals surface area contributed by atoms with E-state index in [4.69, 9.17) is 14.2 Å². The molecule has 0 heterocycles. The van der Waals surface area contributed by atoms with Crippen LogP contribution < -0.4 is 14.8 Å². The molecule has 5 nitrogen and oxygen atoms in total. The van der Waals surface area contributed by atoms with E-state index in [0.717, 1.165) is 27.2 Å². The number of hydrogen-bond donors (Lipinski definition) is 1. The highest BCUT2D eigenvalue weighted by atomic mass is 79.9. The summed E-state index contributed by atoms with van der Waals surface area (Å²) in [6.07, 6.45) is 1.07. The molecular weight excluding hydrogens is 386 g/mol. The molecule has 0 aromatic heterocycles. The first kappa shape index (κ1) is 19.3. The Morgan fingerprint density at radius 1 is 1.08 bits per heavy atom. The number of methoxy groups -OCH3 is 2. The molecule has 0 saturated heterocycles. The smallest absolute Gasteiger partial charge is 0.224 e. The maximum absolute atomic E-state index is 12.1. The second-order valence-corrected chi connectivity index (χ2v) is 6.24. The van der Waals surface area contributed by atoms with Gasteiger partial charge in [0.15, 0.2) is 0 Å². The number of halogens is 1. The monoisotopic (exact) mass is 407 g/mol. The fourth-order valence-corrected chi connectivity index (χ4v) is 2.81. The van der Waals surface area contributed by atoms with Crippen LogP contribution in [0.5, 0.6) is 11.5 Å². The summed E-state index contributed by atoms with van der Waals surface area (Å²) in [5, 5.41) is 2.89. The van der Waals surface area contributed by atoms with Gasteiger partial charge in [-0.15, -0.1) is 0 Å². The van der Waals surface area contributed by atoms with E-state index < -0.39 is 0 Å².